The maximum Gasteiger partial charge on any atom is 0.320 e. The van der Waals surface area contributed by atoms with E-state index in [2.05, 4.69) is 35.2 Å². The summed E-state index contributed by atoms with van der Waals surface area (Å²) in [5.41, 5.74) is 3.32. The summed E-state index contributed by atoms with van der Waals surface area (Å²) in [5.74, 6) is 0.562. The number of rotatable bonds is 9. The van der Waals surface area contributed by atoms with Crippen LogP contribution in [-0.2, 0) is 16.1 Å². The van der Waals surface area contributed by atoms with Crippen molar-refractivity contribution < 1.29 is 14.3 Å². The van der Waals surface area contributed by atoms with Crippen LogP contribution in [0.25, 0.3) is 0 Å². The smallest absolute Gasteiger partial charge is 0.320 e. The van der Waals surface area contributed by atoms with Gasteiger partial charge in [-0.3, -0.25) is 9.69 Å². The van der Waals surface area contributed by atoms with Gasteiger partial charge in [0.15, 0.2) is 0 Å². The van der Waals surface area contributed by atoms with E-state index in [9.17, 15) is 4.79 Å². The number of nitrogens with zero attached hydrogens (tertiary/aromatic N) is 1. The number of hydrogen-bond acceptors (Lipinski definition) is 4. The molecule has 0 fully saturated rings. The van der Waals surface area contributed by atoms with Crippen LogP contribution in [0.4, 0.5) is 0 Å². The number of ether oxygens (including phenoxy) is 2. The highest BCUT2D eigenvalue weighted by molar-refractivity contribution is 5.71. The second-order valence-corrected chi connectivity index (χ2v) is 6.79. The third-order valence-corrected chi connectivity index (χ3v) is 4.76. The molecule has 0 aliphatic heterocycles. The van der Waals surface area contributed by atoms with E-state index < -0.39 is 0 Å². The van der Waals surface area contributed by atoms with Crippen molar-refractivity contribution in [1.82, 2.24) is 4.90 Å². The van der Waals surface area contributed by atoms with Gasteiger partial charge < -0.3 is 9.47 Å². The first-order valence-corrected chi connectivity index (χ1v) is 9.83. The Kier molecular flexibility index (Phi) is 7.42. The van der Waals surface area contributed by atoms with Gasteiger partial charge in [0.1, 0.15) is 5.75 Å². The van der Waals surface area contributed by atoms with Crippen LogP contribution in [0.1, 0.15) is 29.7 Å². The first-order valence-electron chi connectivity index (χ1n) is 9.83. The molecule has 0 bridgehead atoms. The number of methoxy groups -OCH3 is 1. The molecule has 4 heteroatoms. The standard InChI is InChI=1S/C25H27NO3/c1-3-29-24(27)19-26(18-20-11-6-4-7-12-20)25(21-13-8-5-9-14-21)22-15-10-16-23(17-22)28-2/h4-17,25H,3,18-19H2,1-2H3. The van der Waals surface area contributed by atoms with Crippen molar-refractivity contribution in [2.45, 2.75) is 19.5 Å². The first-order chi connectivity index (χ1) is 14.2. The number of carbonyl (C=O) groups is 1. The summed E-state index contributed by atoms with van der Waals surface area (Å²) in [6.45, 7) is 3.01. The molecular formula is C25H27NO3. The zero-order valence-corrected chi connectivity index (χ0v) is 17.0. The van der Waals surface area contributed by atoms with Crippen molar-refractivity contribution in [2.24, 2.45) is 0 Å². The second-order valence-electron chi connectivity index (χ2n) is 6.79. The van der Waals surface area contributed by atoms with E-state index in [1.54, 1.807) is 7.11 Å². The van der Waals surface area contributed by atoms with Gasteiger partial charge in [0.2, 0.25) is 0 Å². The normalized spacial score (nSPS) is 11.8. The van der Waals surface area contributed by atoms with Crippen LogP contribution < -0.4 is 4.74 Å². The maximum absolute atomic E-state index is 12.4. The topological polar surface area (TPSA) is 38.8 Å². The zero-order chi connectivity index (χ0) is 20.5. The van der Waals surface area contributed by atoms with Crippen molar-refractivity contribution in [3.63, 3.8) is 0 Å². The summed E-state index contributed by atoms with van der Waals surface area (Å²) in [6, 6.07) is 28.3. The Hall–Kier alpha value is -3.11. The Bertz CT molecular complexity index is 896. The lowest BCUT2D eigenvalue weighted by molar-refractivity contribution is -0.145. The van der Waals surface area contributed by atoms with Crippen molar-refractivity contribution in [1.29, 1.82) is 0 Å². The largest absolute Gasteiger partial charge is 0.497 e. The highest BCUT2D eigenvalue weighted by Gasteiger charge is 2.25. The zero-order valence-electron chi connectivity index (χ0n) is 17.0. The molecule has 150 valence electrons. The molecule has 29 heavy (non-hydrogen) atoms. The molecule has 0 radical (unpaired) electrons. The molecule has 3 rings (SSSR count). The molecule has 1 atom stereocenters. The van der Waals surface area contributed by atoms with Crippen LogP contribution >= 0.6 is 0 Å². The molecule has 0 heterocycles. The summed E-state index contributed by atoms with van der Waals surface area (Å²) < 4.78 is 10.7. The number of carbonyl (C=O) groups excluding carboxylic acids is 1. The van der Waals surface area contributed by atoms with Crippen LogP contribution in [0.3, 0.4) is 0 Å². The SMILES string of the molecule is CCOC(=O)CN(Cc1ccccc1)C(c1ccccc1)c1cccc(OC)c1. The Morgan fingerprint density at radius 1 is 0.897 bits per heavy atom. The van der Waals surface area contributed by atoms with Gasteiger partial charge in [-0.05, 0) is 35.7 Å². The minimum Gasteiger partial charge on any atom is -0.497 e. The molecule has 3 aromatic rings. The fourth-order valence-electron chi connectivity index (χ4n) is 3.49. The lowest BCUT2D eigenvalue weighted by atomic mass is 9.96. The van der Waals surface area contributed by atoms with Gasteiger partial charge in [0.25, 0.3) is 0 Å². The van der Waals surface area contributed by atoms with Gasteiger partial charge in [0.05, 0.1) is 26.3 Å². The number of hydrogen-bond donors (Lipinski definition) is 0. The Labute approximate surface area is 172 Å². The second kappa shape index (κ2) is 10.4. The van der Waals surface area contributed by atoms with Gasteiger partial charge in [-0.1, -0.05) is 72.8 Å². The van der Waals surface area contributed by atoms with E-state index in [0.717, 1.165) is 22.4 Å². The molecule has 4 nitrogen and oxygen atoms in total. The van der Waals surface area contributed by atoms with Crippen molar-refractivity contribution in [2.75, 3.05) is 20.3 Å². The first kappa shape index (κ1) is 20.6. The van der Waals surface area contributed by atoms with Crippen molar-refractivity contribution >= 4 is 5.97 Å². The van der Waals surface area contributed by atoms with E-state index in [4.69, 9.17) is 9.47 Å². The van der Waals surface area contributed by atoms with Gasteiger partial charge in [-0.2, -0.15) is 0 Å². The third kappa shape index (κ3) is 5.69. The summed E-state index contributed by atoms with van der Waals surface area (Å²) in [7, 11) is 1.66. The molecule has 0 aromatic heterocycles. The van der Waals surface area contributed by atoms with Gasteiger partial charge in [0, 0.05) is 6.54 Å². The fraction of sp³-hybridized carbons (Fsp3) is 0.240. The minimum atomic E-state index is -0.229. The molecule has 0 saturated carbocycles. The van der Waals surface area contributed by atoms with E-state index in [1.165, 1.54) is 0 Å². The Morgan fingerprint density at radius 3 is 2.21 bits per heavy atom. The van der Waals surface area contributed by atoms with Gasteiger partial charge in [-0.25, -0.2) is 0 Å². The van der Waals surface area contributed by atoms with E-state index in [1.807, 2.05) is 61.5 Å². The van der Waals surface area contributed by atoms with Gasteiger partial charge >= 0.3 is 5.97 Å². The molecule has 0 aliphatic carbocycles. The molecular weight excluding hydrogens is 362 g/mol. The highest BCUT2D eigenvalue weighted by Crippen LogP contribution is 2.32. The van der Waals surface area contributed by atoms with Crippen LogP contribution in [0.15, 0.2) is 84.9 Å². The molecule has 0 N–H and O–H groups in total. The molecule has 0 saturated heterocycles. The summed E-state index contributed by atoms with van der Waals surface area (Å²) in [6.07, 6.45) is 0. The third-order valence-electron chi connectivity index (χ3n) is 4.76. The molecule has 1 unspecified atom stereocenters. The van der Waals surface area contributed by atoms with Gasteiger partial charge in [-0.15, -0.1) is 0 Å². The van der Waals surface area contributed by atoms with E-state index in [0.29, 0.717) is 13.2 Å². The molecule has 0 aliphatic rings. The average Bonchev–Trinajstić information content (AvgIpc) is 2.76. The molecule has 0 amide bonds. The predicted molar refractivity (Wildman–Crippen MR) is 115 cm³/mol. The molecule has 0 spiro atoms. The van der Waals surface area contributed by atoms with Crippen molar-refractivity contribution in [3.8, 4) is 5.75 Å². The van der Waals surface area contributed by atoms with Crippen LogP contribution in [0.2, 0.25) is 0 Å². The lowest BCUT2D eigenvalue weighted by Gasteiger charge is -2.32. The summed E-state index contributed by atoms with van der Waals surface area (Å²) in [5, 5.41) is 0. The van der Waals surface area contributed by atoms with Crippen LogP contribution in [0, 0.1) is 0 Å². The maximum atomic E-state index is 12.4. The lowest BCUT2D eigenvalue weighted by Crippen LogP contribution is -2.35. The van der Waals surface area contributed by atoms with Crippen molar-refractivity contribution in [3.05, 3.63) is 102 Å². The van der Waals surface area contributed by atoms with Crippen LogP contribution in [-0.4, -0.2) is 31.1 Å². The summed E-state index contributed by atoms with van der Waals surface area (Å²) in [4.78, 5) is 14.6. The average molecular weight is 389 g/mol. The fourth-order valence-corrected chi connectivity index (χ4v) is 3.49. The number of benzene rings is 3. The summed E-state index contributed by atoms with van der Waals surface area (Å²) >= 11 is 0. The monoisotopic (exact) mass is 389 g/mol. The predicted octanol–water partition coefficient (Wildman–Crippen LogP) is 4.85. The number of esters is 1. The van der Waals surface area contributed by atoms with E-state index in [-0.39, 0.29) is 18.6 Å². The molecule has 3 aromatic carbocycles. The highest BCUT2D eigenvalue weighted by atomic mass is 16.5. The van der Waals surface area contributed by atoms with Crippen LogP contribution in [0.5, 0.6) is 5.75 Å². The Morgan fingerprint density at radius 2 is 1.55 bits per heavy atom. The minimum absolute atomic E-state index is 0.115. The van der Waals surface area contributed by atoms with E-state index >= 15 is 0 Å². The Balaban J connectivity index is 2.04. The quantitative estimate of drug-likeness (QED) is 0.491.